The molecule has 0 aliphatic carbocycles. The van der Waals surface area contributed by atoms with Gasteiger partial charge in [0.05, 0.1) is 12.2 Å². The van der Waals surface area contributed by atoms with Gasteiger partial charge in [-0.05, 0) is 24.6 Å². The van der Waals surface area contributed by atoms with Crippen molar-refractivity contribution in [1.82, 2.24) is 25.7 Å². The SMILES string of the molecule is CN=C(NCCCNC(=O)c1ccccc1)NCc1ccnn1C. The van der Waals surface area contributed by atoms with Crippen LogP contribution in [0.2, 0.25) is 0 Å². The average Bonchev–Trinajstić information content (AvgIpc) is 3.03. The third-order valence-electron chi connectivity index (χ3n) is 3.55. The summed E-state index contributed by atoms with van der Waals surface area (Å²) >= 11 is 0. The highest BCUT2D eigenvalue weighted by molar-refractivity contribution is 5.94. The number of benzene rings is 1. The van der Waals surface area contributed by atoms with E-state index in [0.29, 0.717) is 18.7 Å². The molecule has 0 radical (unpaired) electrons. The zero-order valence-corrected chi connectivity index (χ0v) is 14.1. The molecule has 1 aromatic carbocycles. The smallest absolute Gasteiger partial charge is 0.251 e. The van der Waals surface area contributed by atoms with Gasteiger partial charge in [-0.2, -0.15) is 5.10 Å². The number of hydrogen-bond acceptors (Lipinski definition) is 3. The van der Waals surface area contributed by atoms with Gasteiger partial charge in [-0.15, -0.1) is 0 Å². The Morgan fingerprint density at radius 2 is 1.88 bits per heavy atom. The van der Waals surface area contributed by atoms with E-state index < -0.39 is 0 Å². The molecule has 0 unspecified atom stereocenters. The summed E-state index contributed by atoms with van der Waals surface area (Å²) < 4.78 is 1.82. The van der Waals surface area contributed by atoms with E-state index in [1.807, 2.05) is 36.0 Å². The Kier molecular flexibility index (Phi) is 6.82. The van der Waals surface area contributed by atoms with Crippen LogP contribution in [-0.4, -0.2) is 41.8 Å². The zero-order chi connectivity index (χ0) is 17.2. The maximum atomic E-state index is 11.9. The van der Waals surface area contributed by atoms with Crippen molar-refractivity contribution in [1.29, 1.82) is 0 Å². The van der Waals surface area contributed by atoms with E-state index in [4.69, 9.17) is 0 Å². The number of nitrogens with one attached hydrogen (secondary N) is 3. The summed E-state index contributed by atoms with van der Waals surface area (Å²) in [7, 11) is 3.64. The van der Waals surface area contributed by atoms with Gasteiger partial charge in [-0.3, -0.25) is 14.5 Å². The van der Waals surface area contributed by atoms with Crippen molar-refractivity contribution >= 4 is 11.9 Å². The predicted octanol–water partition coefficient (Wildman–Crippen LogP) is 0.905. The molecule has 3 N–H and O–H groups in total. The van der Waals surface area contributed by atoms with Crippen molar-refractivity contribution in [2.75, 3.05) is 20.1 Å². The van der Waals surface area contributed by atoms with Gasteiger partial charge in [-0.1, -0.05) is 18.2 Å². The van der Waals surface area contributed by atoms with Gasteiger partial charge in [0.25, 0.3) is 5.91 Å². The summed E-state index contributed by atoms with van der Waals surface area (Å²) in [6.07, 6.45) is 2.58. The Labute approximate surface area is 142 Å². The molecule has 1 aromatic heterocycles. The molecule has 0 aliphatic rings. The molecule has 24 heavy (non-hydrogen) atoms. The predicted molar refractivity (Wildman–Crippen MR) is 94.8 cm³/mol. The number of carbonyl (C=O) groups is 1. The van der Waals surface area contributed by atoms with E-state index >= 15 is 0 Å². The number of amides is 1. The lowest BCUT2D eigenvalue weighted by atomic mass is 10.2. The van der Waals surface area contributed by atoms with Gasteiger partial charge in [0.15, 0.2) is 5.96 Å². The second-order valence-electron chi connectivity index (χ2n) is 5.27. The van der Waals surface area contributed by atoms with Gasteiger partial charge in [-0.25, -0.2) is 0 Å². The summed E-state index contributed by atoms with van der Waals surface area (Å²) in [6.45, 7) is 1.99. The molecule has 128 valence electrons. The normalized spacial score (nSPS) is 11.2. The Hall–Kier alpha value is -2.83. The monoisotopic (exact) mass is 328 g/mol. The molecule has 0 saturated heterocycles. The molecule has 0 aliphatic heterocycles. The second-order valence-corrected chi connectivity index (χ2v) is 5.27. The number of rotatable bonds is 7. The Morgan fingerprint density at radius 3 is 2.54 bits per heavy atom. The van der Waals surface area contributed by atoms with E-state index in [9.17, 15) is 4.79 Å². The molecule has 0 fully saturated rings. The van der Waals surface area contributed by atoms with Crippen LogP contribution >= 0.6 is 0 Å². The average molecular weight is 328 g/mol. The van der Waals surface area contributed by atoms with Crippen molar-refractivity contribution in [2.24, 2.45) is 12.0 Å². The lowest BCUT2D eigenvalue weighted by Gasteiger charge is -2.12. The van der Waals surface area contributed by atoms with Crippen LogP contribution in [-0.2, 0) is 13.6 Å². The fourth-order valence-electron chi connectivity index (χ4n) is 2.16. The standard InChI is InChI=1S/C17H24N6O/c1-18-17(21-13-15-9-12-22-23(15)2)20-11-6-10-19-16(24)14-7-4-3-5-8-14/h3-5,7-9,12H,6,10-11,13H2,1-2H3,(H,19,24)(H2,18,20,21). The van der Waals surface area contributed by atoms with Crippen molar-refractivity contribution in [2.45, 2.75) is 13.0 Å². The van der Waals surface area contributed by atoms with Crippen LogP contribution in [0, 0.1) is 0 Å². The number of hydrogen-bond donors (Lipinski definition) is 3. The third kappa shape index (κ3) is 5.42. The van der Waals surface area contributed by atoms with Crippen LogP contribution < -0.4 is 16.0 Å². The number of carbonyl (C=O) groups excluding carboxylic acids is 1. The van der Waals surface area contributed by atoms with Gasteiger partial charge in [0.2, 0.25) is 0 Å². The number of nitrogens with zero attached hydrogens (tertiary/aromatic N) is 3. The molecule has 0 saturated carbocycles. The summed E-state index contributed by atoms with van der Waals surface area (Å²) in [5.41, 5.74) is 1.76. The van der Waals surface area contributed by atoms with Crippen molar-refractivity contribution < 1.29 is 4.79 Å². The minimum absolute atomic E-state index is 0.0469. The molecule has 0 atom stereocenters. The highest BCUT2D eigenvalue weighted by atomic mass is 16.1. The first-order chi connectivity index (χ1) is 11.7. The molecule has 0 spiro atoms. The summed E-state index contributed by atoms with van der Waals surface area (Å²) in [6, 6.07) is 11.2. The number of aliphatic imine (C=N–C) groups is 1. The lowest BCUT2D eigenvalue weighted by Crippen LogP contribution is -2.38. The minimum Gasteiger partial charge on any atom is -0.356 e. The molecule has 2 aromatic rings. The number of aromatic nitrogens is 2. The molecule has 7 nitrogen and oxygen atoms in total. The Balaban J connectivity index is 1.62. The van der Waals surface area contributed by atoms with Crippen molar-refractivity contribution in [3.05, 3.63) is 53.9 Å². The summed E-state index contributed by atoms with van der Waals surface area (Å²) in [5, 5.41) is 13.5. The van der Waals surface area contributed by atoms with Gasteiger partial charge in [0, 0.05) is 38.9 Å². The summed E-state index contributed by atoms with van der Waals surface area (Å²) in [5.74, 6) is 0.680. The molecular formula is C17H24N6O. The first kappa shape index (κ1) is 17.5. The van der Waals surface area contributed by atoms with E-state index in [1.165, 1.54) is 0 Å². The van der Waals surface area contributed by atoms with Crippen LogP contribution in [0.4, 0.5) is 0 Å². The van der Waals surface area contributed by atoms with Crippen LogP contribution in [0.25, 0.3) is 0 Å². The van der Waals surface area contributed by atoms with Crippen LogP contribution in [0.3, 0.4) is 0 Å². The Morgan fingerprint density at radius 1 is 1.12 bits per heavy atom. The molecule has 1 heterocycles. The van der Waals surface area contributed by atoms with E-state index in [-0.39, 0.29) is 5.91 Å². The van der Waals surface area contributed by atoms with Crippen LogP contribution in [0.15, 0.2) is 47.6 Å². The maximum Gasteiger partial charge on any atom is 0.251 e. The minimum atomic E-state index is -0.0469. The molecule has 7 heteroatoms. The zero-order valence-electron chi connectivity index (χ0n) is 14.1. The fourth-order valence-corrected chi connectivity index (χ4v) is 2.16. The number of guanidine groups is 1. The Bertz CT molecular complexity index is 665. The van der Waals surface area contributed by atoms with Crippen LogP contribution in [0.5, 0.6) is 0 Å². The fraction of sp³-hybridized carbons (Fsp3) is 0.353. The quantitative estimate of drug-likeness (QED) is 0.401. The van der Waals surface area contributed by atoms with E-state index in [2.05, 4.69) is 26.0 Å². The highest BCUT2D eigenvalue weighted by Gasteiger charge is 2.03. The highest BCUT2D eigenvalue weighted by Crippen LogP contribution is 1.97. The molecule has 0 bridgehead atoms. The van der Waals surface area contributed by atoms with E-state index in [1.54, 1.807) is 25.4 Å². The first-order valence-electron chi connectivity index (χ1n) is 7.95. The van der Waals surface area contributed by atoms with Crippen LogP contribution in [0.1, 0.15) is 22.5 Å². The van der Waals surface area contributed by atoms with Crippen molar-refractivity contribution in [3.63, 3.8) is 0 Å². The third-order valence-corrected chi connectivity index (χ3v) is 3.55. The number of aryl methyl sites for hydroxylation is 1. The molecule has 2 rings (SSSR count). The van der Waals surface area contributed by atoms with Crippen molar-refractivity contribution in [3.8, 4) is 0 Å². The van der Waals surface area contributed by atoms with E-state index in [0.717, 1.165) is 24.6 Å². The lowest BCUT2D eigenvalue weighted by molar-refractivity contribution is 0.0953. The molecular weight excluding hydrogens is 304 g/mol. The molecule has 1 amide bonds. The van der Waals surface area contributed by atoms with Gasteiger partial charge >= 0.3 is 0 Å². The van der Waals surface area contributed by atoms with Gasteiger partial charge in [0.1, 0.15) is 0 Å². The largest absolute Gasteiger partial charge is 0.356 e. The first-order valence-corrected chi connectivity index (χ1v) is 7.95. The summed E-state index contributed by atoms with van der Waals surface area (Å²) in [4.78, 5) is 16.1. The second kappa shape index (κ2) is 9.34. The topological polar surface area (TPSA) is 83.3 Å². The maximum absolute atomic E-state index is 11.9. The van der Waals surface area contributed by atoms with Gasteiger partial charge < -0.3 is 16.0 Å².